The maximum Gasteiger partial charge on any atom is 0.317 e. The molecule has 2 amide bonds. The van der Waals surface area contributed by atoms with E-state index in [1.165, 1.54) is 0 Å². The molecule has 3 rings (SSSR count). The lowest BCUT2D eigenvalue weighted by Gasteiger charge is -2.37. The number of amides is 2. The van der Waals surface area contributed by atoms with Gasteiger partial charge < -0.3 is 19.7 Å². The molecule has 1 N–H and O–H groups in total. The molecule has 1 heterocycles. The largest absolute Gasteiger partial charge is 0.481 e. The normalized spacial score (nSPS) is 18.9. The van der Waals surface area contributed by atoms with Gasteiger partial charge in [-0.05, 0) is 36.6 Å². The molecule has 5 heteroatoms. The molecule has 0 aromatic heterocycles. The van der Waals surface area contributed by atoms with Crippen LogP contribution in [0.5, 0.6) is 5.75 Å². The van der Waals surface area contributed by atoms with Crippen LogP contribution in [-0.4, -0.2) is 43.3 Å². The van der Waals surface area contributed by atoms with Gasteiger partial charge in [0.1, 0.15) is 18.5 Å². The summed E-state index contributed by atoms with van der Waals surface area (Å²) in [7, 11) is 0. The van der Waals surface area contributed by atoms with Crippen LogP contribution in [-0.2, 0) is 11.2 Å². The van der Waals surface area contributed by atoms with Crippen LogP contribution in [0.4, 0.5) is 4.79 Å². The fraction of sp³-hybridized carbons (Fsp3) is 0.348. The minimum Gasteiger partial charge on any atom is -0.481 e. The van der Waals surface area contributed by atoms with E-state index in [4.69, 9.17) is 15.9 Å². The number of urea groups is 1. The highest BCUT2D eigenvalue weighted by molar-refractivity contribution is 5.74. The van der Waals surface area contributed by atoms with E-state index in [-0.39, 0.29) is 24.8 Å². The van der Waals surface area contributed by atoms with E-state index in [9.17, 15) is 4.79 Å². The molecule has 2 aromatic rings. The van der Waals surface area contributed by atoms with E-state index < -0.39 is 0 Å². The number of terminal acetylenes is 1. The summed E-state index contributed by atoms with van der Waals surface area (Å²) in [6.45, 7) is 3.99. The molecular formula is C23H26N2O3. The molecule has 146 valence electrons. The zero-order valence-electron chi connectivity index (χ0n) is 16.1. The average molecular weight is 378 g/mol. The van der Waals surface area contributed by atoms with Gasteiger partial charge in [0.2, 0.25) is 0 Å². The number of hydrogen-bond donors (Lipinski definition) is 1. The van der Waals surface area contributed by atoms with Crippen molar-refractivity contribution in [3.63, 3.8) is 0 Å². The summed E-state index contributed by atoms with van der Waals surface area (Å²) in [5.41, 5.74) is 2.23. The van der Waals surface area contributed by atoms with E-state index in [2.05, 4.69) is 11.2 Å². The third kappa shape index (κ3) is 5.51. The molecule has 2 aromatic carbocycles. The van der Waals surface area contributed by atoms with Gasteiger partial charge in [0.25, 0.3) is 0 Å². The summed E-state index contributed by atoms with van der Waals surface area (Å²) in [5.74, 6) is 3.19. The Kier molecular flexibility index (Phi) is 6.94. The number of morpholine rings is 1. The molecule has 2 unspecified atom stereocenters. The highest BCUT2D eigenvalue weighted by Crippen LogP contribution is 2.25. The fourth-order valence-corrected chi connectivity index (χ4v) is 3.27. The van der Waals surface area contributed by atoms with Crippen LogP contribution < -0.4 is 10.1 Å². The molecule has 28 heavy (non-hydrogen) atoms. The molecule has 2 atom stereocenters. The SMILES string of the molecule is C#CCOc1ccc(CCNC(=O)N2CC(C)OC(c3ccccc3)C2)cc1. The number of nitrogens with one attached hydrogen (secondary N) is 1. The molecule has 1 aliphatic rings. The maximum atomic E-state index is 12.6. The first-order valence-electron chi connectivity index (χ1n) is 9.54. The Morgan fingerprint density at radius 1 is 1.21 bits per heavy atom. The molecule has 0 bridgehead atoms. The predicted octanol–water partition coefficient (Wildman–Crippen LogP) is 3.41. The summed E-state index contributed by atoms with van der Waals surface area (Å²) < 4.78 is 11.4. The van der Waals surface area contributed by atoms with Crippen molar-refractivity contribution in [3.05, 3.63) is 65.7 Å². The van der Waals surface area contributed by atoms with Gasteiger partial charge >= 0.3 is 6.03 Å². The van der Waals surface area contributed by atoms with Crippen LogP contribution in [0.3, 0.4) is 0 Å². The number of rotatable bonds is 6. The van der Waals surface area contributed by atoms with Crippen LogP contribution in [0.15, 0.2) is 54.6 Å². The summed E-state index contributed by atoms with van der Waals surface area (Å²) in [6.07, 6.45) is 5.85. The number of ether oxygens (including phenoxy) is 2. The number of benzene rings is 2. The van der Waals surface area contributed by atoms with E-state index in [0.29, 0.717) is 19.6 Å². The first-order chi connectivity index (χ1) is 13.7. The van der Waals surface area contributed by atoms with Gasteiger partial charge in [0, 0.05) is 13.1 Å². The molecular weight excluding hydrogens is 352 g/mol. The average Bonchev–Trinajstić information content (AvgIpc) is 2.73. The smallest absolute Gasteiger partial charge is 0.317 e. The molecule has 5 nitrogen and oxygen atoms in total. The highest BCUT2D eigenvalue weighted by Gasteiger charge is 2.29. The van der Waals surface area contributed by atoms with Crippen molar-refractivity contribution in [1.82, 2.24) is 10.2 Å². The van der Waals surface area contributed by atoms with Crippen molar-refractivity contribution in [2.24, 2.45) is 0 Å². The van der Waals surface area contributed by atoms with E-state index >= 15 is 0 Å². The first kappa shape index (κ1) is 19.8. The van der Waals surface area contributed by atoms with Gasteiger partial charge in [0.15, 0.2) is 0 Å². The molecule has 0 saturated carbocycles. The Labute approximate surface area is 166 Å². The molecule has 1 saturated heterocycles. The Hall–Kier alpha value is -2.97. The Morgan fingerprint density at radius 2 is 1.96 bits per heavy atom. The molecule has 0 radical (unpaired) electrons. The van der Waals surface area contributed by atoms with Crippen molar-refractivity contribution in [2.45, 2.75) is 25.6 Å². The van der Waals surface area contributed by atoms with Crippen molar-refractivity contribution < 1.29 is 14.3 Å². The van der Waals surface area contributed by atoms with Crippen LogP contribution >= 0.6 is 0 Å². The third-order valence-corrected chi connectivity index (χ3v) is 4.65. The summed E-state index contributed by atoms with van der Waals surface area (Å²) in [6, 6.07) is 17.7. The lowest BCUT2D eigenvalue weighted by atomic mass is 10.1. The van der Waals surface area contributed by atoms with Crippen molar-refractivity contribution in [2.75, 3.05) is 26.2 Å². The maximum absolute atomic E-state index is 12.6. The van der Waals surface area contributed by atoms with Gasteiger partial charge in [-0.25, -0.2) is 4.79 Å². The van der Waals surface area contributed by atoms with Crippen LogP contribution in [0.2, 0.25) is 0 Å². The van der Waals surface area contributed by atoms with Crippen LogP contribution in [0.25, 0.3) is 0 Å². The van der Waals surface area contributed by atoms with E-state index in [0.717, 1.165) is 23.3 Å². The Bertz CT molecular complexity index is 799. The summed E-state index contributed by atoms with van der Waals surface area (Å²) >= 11 is 0. The molecule has 0 aliphatic carbocycles. The van der Waals surface area contributed by atoms with E-state index in [1.54, 1.807) is 0 Å². The van der Waals surface area contributed by atoms with Crippen LogP contribution in [0, 0.1) is 12.3 Å². The highest BCUT2D eigenvalue weighted by atomic mass is 16.5. The molecule has 1 aliphatic heterocycles. The number of carbonyl (C=O) groups is 1. The van der Waals surface area contributed by atoms with Gasteiger partial charge in [-0.15, -0.1) is 6.42 Å². The fourth-order valence-electron chi connectivity index (χ4n) is 3.27. The Morgan fingerprint density at radius 3 is 2.68 bits per heavy atom. The lowest BCUT2D eigenvalue weighted by molar-refractivity contribution is -0.0656. The molecule has 0 spiro atoms. The summed E-state index contributed by atoms with van der Waals surface area (Å²) in [5, 5.41) is 3.02. The number of hydrogen-bond acceptors (Lipinski definition) is 3. The monoisotopic (exact) mass is 378 g/mol. The number of carbonyl (C=O) groups excluding carboxylic acids is 1. The van der Waals surface area contributed by atoms with Gasteiger partial charge in [0.05, 0.1) is 12.6 Å². The lowest BCUT2D eigenvalue weighted by Crippen LogP contribution is -2.50. The topological polar surface area (TPSA) is 50.8 Å². The van der Waals surface area contributed by atoms with E-state index in [1.807, 2.05) is 66.4 Å². The zero-order valence-corrected chi connectivity index (χ0v) is 16.1. The van der Waals surface area contributed by atoms with Crippen LogP contribution in [0.1, 0.15) is 24.2 Å². The second-order valence-electron chi connectivity index (χ2n) is 6.87. The van der Waals surface area contributed by atoms with Crippen molar-refractivity contribution in [3.8, 4) is 18.1 Å². The van der Waals surface area contributed by atoms with Gasteiger partial charge in [-0.3, -0.25) is 0 Å². The zero-order chi connectivity index (χ0) is 19.8. The predicted molar refractivity (Wildman–Crippen MR) is 109 cm³/mol. The Balaban J connectivity index is 1.48. The second-order valence-corrected chi connectivity index (χ2v) is 6.87. The van der Waals surface area contributed by atoms with Crippen molar-refractivity contribution in [1.29, 1.82) is 0 Å². The number of nitrogens with zero attached hydrogens (tertiary/aromatic N) is 1. The standard InChI is InChI=1S/C23H26N2O3/c1-3-15-27-21-11-9-19(10-12-21)13-14-24-23(26)25-16-18(2)28-22(17-25)20-7-5-4-6-8-20/h1,4-12,18,22H,13-17H2,2H3,(H,24,26). The third-order valence-electron chi connectivity index (χ3n) is 4.65. The van der Waals surface area contributed by atoms with Crippen molar-refractivity contribution >= 4 is 6.03 Å². The summed E-state index contributed by atoms with van der Waals surface area (Å²) in [4.78, 5) is 14.4. The minimum absolute atomic E-state index is 0.000242. The quantitative estimate of drug-likeness (QED) is 0.784. The second kappa shape index (κ2) is 9.82. The van der Waals surface area contributed by atoms with Gasteiger partial charge in [-0.2, -0.15) is 0 Å². The first-order valence-corrected chi connectivity index (χ1v) is 9.54. The molecule has 1 fully saturated rings. The van der Waals surface area contributed by atoms with Gasteiger partial charge in [-0.1, -0.05) is 48.4 Å². The minimum atomic E-state index is -0.0914.